The molecule has 4 nitrogen and oxygen atoms in total. The number of hydrogen-bond acceptors (Lipinski definition) is 4. The Bertz CT molecular complexity index is 481. The van der Waals surface area contributed by atoms with Crippen LogP contribution in [-0.4, -0.2) is 37.5 Å². The number of halogens is 1. The van der Waals surface area contributed by atoms with Gasteiger partial charge in [-0.05, 0) is 30.4 Å². The van der Waals surface area contributed by atoms with Gasteiger partial charge in [0.15, 0.2) is 0 Å². The molecule has 0 saturated carbocycles. The highest BCUT2D eigenvalue weighted by atomic mass is 32.2. The number of carbonyl (C=O) groups is 1. The third-order valence-electron chi connectivity index (χ3n) is 3.84. The largest absolute Gasteiger partial charge is 0.381 e. The van der Waals surface area contributed by atoms with E-state index in [0.29, 0.717) is 31.1 Å². The minimum absolute atomic E-state index is 0.0987. The lowest BCUT2D eigenvalue weighted by atomic mass is 9.92. The molecule has 1 aromatic rings. The van der Waals surface area contributed by atoms with Gasteiger partial charge in [-0.25, -0.2) is 4.39 Å². The third kappa shape index (κ3) is 5.26. The maximum Gasteiger partial charge on any atom is 0.237 e. The molecule has 1 aromatic carbocycles. The summed E-state index contributed by atoms with van der Waals surface area (Å²) in [4.78, 5) is 12.0. The van der Waals surface area contributed by atoms with Crippen LogP contribution in [0.5, 0.6) is 0 Å². The van der Waals surface area contributed by atoms with Crippen molar-refractivity contribution in [3.63, 3.8) is 0 Å². The van der Waals surface area contributed by atoms with Gasteiger partial charge < -0.3 is 15.8 Å². The van der Waals surface area contributed by atoms with Gasteiger partial charge in [0.1, 0.15) is 5.82 Å². The summed E-state index contributed by atoms with van der Waals surface area (Å²) in [5.74, 6) is 1.27. The molecule has 0 aromatic heterocycles. The van der Waals surface area contributed by atoms with Crippen LogP contribution in [0.4, 0.5) is 4.39 Å². The Labute approximate surface area is 135 Å². The van der Waals surface area contributed by atoms with Crippen LogP contribution in [0.1, 0.15) is 18.4 Å². The zero-order valence-electron chi connectivity index (χ0n) is 12.6. The SMILES string of the molecule is NC(C(=O)NCCSCc1ccccc1F)C1CCOCC1. The molecule has 1 unspecified atom stereocenters. The minimum Gasteiger partial charge on any atom is -0.381 e. The van der Waals surface area contributed by atoms with E-state index < -0.39 is 6.04 Å². The van der Waals surface area contributed by atoms with Crippen molar-refractivity contribution in [3.05, 3.63) is 35.6 Å². The zero-order valence-corrected chi connectivity index (χ0v) is 13.4. The van der Waals surface area contributed by atoms with Crippen molar-refractivity contribution >= 4 is 17.7 Å². The van der Waals surface area contributed by atoms with E-state index in [0.717, 1.165) is 18.6 Å². The summed E-state index contributed by atoms with van der Waals surface area (Å²) in [6.07, 6.45) is 1.69. The first-order valence-electron chi connectivity index (χ1n) is 7.60. The monoisotopic (exact) mass is 326 g/mol. The molecule has 2 rings (SSSR count). The second kappa shape index (κ2) is 9.12. The second-order valence-corrected chi connectivity index (χ2v) is 6.52. The Morgan fingerprint density at radius 2 is 2.14 bits per heavy atom. The van der Waals surface area contributed by atoms with Gasteiger partial charge >= 0.3 is 0 Å². The number of benzene rings is 1. The lowest BCUT2D eigenvalue weighted by Gasteiger charge is -2.26. The first kappa shape index (κ1) is 17.2. The van der Waals surface area contributed by atoms with Crippen molar-refractivity contribution in [2.24, 2.45) is 11.7 Å². The standard InChI is InChI=1S/C16H23FN2O2S/c17-14-4-2-1-3-13(14)11-22-10-7-19-16(20)15(18)12-5-8-21-9-6-12/h1-4,12,15H,5-11,18H2,(H,19,20). The first-order chi connectivity index (χ1) is 10.7. The second-order valence-electron chi connectivity index (χ2n) is 5.41. The molecule has 1 saturated heterocycles. The first-order valence-corrected chi connectivity index (χ1v) is 8.76. The van der Waals surface area contributed by atoms with Crippen molar-refractivity contribution in [3.8, 4) is 0 Å². The average Bonchev–Trinajstić information content (AvgIpc) is 2.56. The number of rotatable bonds is 7. The molecular weight excluding hydrogens is 303 g/mol. The third-order valence-corrected chi connectivity index (χ3v) is 4.85. The molecule has 0 bridgehead atoms. The number of thioether (sulfide) groups is 1. The molecule has 3 N–H and O–H groups in total. The molecule has 0 aliphatic carbocycles. The van der Waals surface area contributed by atoms with Crippen LogP contribution in [0.25, 0.3) is 0 Å². The van der Waals surface area contributed by atoms with E-state index in [4.69, 9.17) is 10.5 Å². The number of carbonyl (C=O) groups excluding carboxylic acids is 1. The Morgan fingerprint density at radius 3 is 2.86 bits per heavy atom. The Morgan fingerprint density at radius 1 is 1.41 bits per heavy atom. The highest BCUT2D eigenvalue weighted by molar-refractivity contribution is 7.98. The summed E-state index contributed by atoms with van der Waals surface area (Å²) >= 11 is 1.59. The number of nitrogens with two attached hydrogens (primary N) is 1. The van der Waals surface area contributed by atoms with Crippen LogP contribution in [0.2, 0.25) is 0 Å². The summed E-state index contributed by atoms with van der Waals surface area (Å²) in [5.41, 5.74) is 6.69. The van der Waals surface area contributed by atoms with Gasteiger partial charge in [-0.3, -0.25) is 4.79 Å². The summed E-state index contributed by atoms with van der Waals surface area (Å²) < 4.78 is 18.7. The van der Waals surface area contributed by atoms with E-state index >= 15 is 0 Å². The fraction of sp³-hybridized carbons (Fsp3) is 0.562. The molecule has 0 radical (unpaired) electrons. The van der Waals surface area contributed by atoms with E-state index in [-0.39, 0.29) is 17.6 Å². The van der Waals surface area contributed by atoms with Crippen LogP contribution in [-0.2, 0) is 15.3 Å². The van der Waals surface area contributed by atoms with Gasteiger partial charge in [0, 0.05) is 31.3 Å². The van der Waals surface area contributed by atoms with Crippen LogP contribution in [0.3, 0.4) is 0 Å². The maximum absolute atomic E-state index is 13.4. The molecular formula is C16H23FN2O2S. The quantitative estimate of drug-likeness (QED) is 0.752. The molecule has 1 aliphatic rings. The van der Waals surface area contributed by atoms with Crippen LogP contribution < -0.4 is 11.1 Å². The van der Waals surface area contributed by atoms with Crippen molar-refractivity contribution in [1.82, 2.24) is 5.32 Å². The van der Waals surface area contributed by atoms with Gasteiger partial charge in [-0.15, -0.1) is 0 Å². The minimum atomic E-state index is -0.458. The maximum atomic E-state index is 13.4. The molecule has 0 spiro atoms. The summed E-state index contributed by atoms with van der Waals surface area (Å²) in [6, 6.07) is 6.29. The molecule has 1 aliphatic heterocycles. The number of hydrogen-bond donors (Lipinski definition) is 2. The van der Waals surface area contributed by atoms with Gasteiger partial charge in [0.25, 0.3) is 0 Å². The zero-order chi connectivity index (χ0) is 15.8. The Kier molecular flexibility index (Phi) is 7.15. The van der Waals surface area contributed by atoms with Crippen LogP contribution >= 0.6 is 11.8 Å². The molecule has 122 valence electrons. The van der Waals surface area contributed by atoms with Crippen molar-refractivity contribution in [1.29, 1.82) is 0 Å². The predicted octanol–water partition coefficient (Wildman–Crippen LogP) is 1.93. The van der Waals surface area contributed by atoms with E-state index in [1.165, 1.54) is 6.07 Å². The predicted molar refractivity (Wildman–Crippen MR) is 87.1 cm³/mol. The highest BCUT2D eigenvalue weighted by Crippen LogP contribution is 2.18. The van der Waals surface area contributed by atoms with Crippen LogP contribution in [0, 0.1) is 11.7 Å². The van der Waals surface area contributed by atoms with Gasteiger partial charge in [-0.1, -0.05) is 18.2 Å². The molecule has 1 amide bonds. The number of ether oxygens (including phenoxy) is 1. The Hall–Kier alpha value is -1.11. The topological polar surface area (TPSA) is 64.4 Å². The molecule has 1 atom stereocenters. The average molecular weight is 326 g/mol. The fourth-order valence-corrected chi connectivity index (χ4v) is 3.30. The van der Waals surface area contributed by atoms with Crippen molar-refractivity contribution < 1.29 is 13.9 Å². The number of nitrogens with one attached hydrogen (secondary N) is 1. The van der Waals surface area contributed by atoms with Crippen molar-refractivity contribution in [2.75, 3.05) is 25.5 Å². The van der Waals surface area contributed by atoms with Gasteiger partial charge in [0.2, 0.25) is 5.91 Å². The normalized spacial score (nSPS) is 17.2. The van der Waals surface area contributed by atoms with Gasteiger partial charge in [-0.2, -0.15) is 11.8 Å². The van der Waals surface area contributed by atoms with E-state index in [1.54, 1.807) is 23.9 Å². The Balaban J connectivity index is 1.61. The summed E-state index contributed by atoms with van der Waals surface area (Å²) in [6.45, 7) is 1.92. The lowest BCUT2D eigenvalue weighted by Crippen LogP contribution is -2.47. The molecule has 1 fully saturated rings. The lowest BCUT2D eigenvalue weighted by molar-refractivity contribution is -0.124. The summed E-state index contributed by atoms with van der Waals surface area (Å²) in [5, 5.41) is 2.86. The molecule has 6 heteroatoms. The van der Waals surface area contributed by atoms with Crippen LogP contribution in [0.15, 0.2) is 24.3 Å². The fourth-order valence-electron chi connectivity index (χ4n) is 2.45. The van der Waals surface area contributed by atoms with E-state index in [2.05, 4.69) is 5.32 Å². The van der Waals surface area contributed by atoms with Gasteiger partial charge in [0.05, 0.1) is 6.04 Å². The highest BCUT2D eigenvalue weighted by Gasteiger charge is 2.26. The molecule has 1 heterocycles. The van der Waals surface area contributed by atoms with E-state index in [9.17, 15) is 9.18 Å². The summed E-state index contributed by atoms with van der Waals surface area (Å²) in [7, 11) is 0. The molecule has 22 heavy (non-hydrogen) atoms. The van der Waals surface area contributed by atoms with Crippen molar-refractivity contribution in [2.45, 2.75) is 24.6 Å². The number of amides is 1. The van der Waals surface area contributed by atoms with E-state index in [1.807, 2.05) is 6.07 Å². The smallest absolute Gasteiger partial charge is 0.237 e.